The summed E-state index contributed by atoms with van der Waals surface area (Å²) in [7, 11) is 1.79. The van der Waals surface area contributed by atoms with Gasteiger partial charge in [-0.1, -0.05) is 49.4 Å². The Bertz CT molecular complexity index is 640. The van der Waals surface area contributed by atoms with Gasteiger partial charge in [-0.25, -0.2) is 0 Å². The lowest BCUT2D eigenvalue weighted by Gasteiger charge is -2.16. The molecule has 4 nitrogen and oxygen atoms in total. The normalized spacial score (nSPS) is 12.5. The van der Waals surface area contributed by atoms with Gasteiger partial charge in [-0.15, -0.1) is 0 Å². The molecule has 0 aromatic heterocycles. The fraction of sp³-hybridized carbons (Fsp3) is 0.350. The molecule has 1 atom stereocenters. The molecule has 0 bridgehead atoms. The van der Waals surface area contributed by atoms with Crippen molar-refractivity contribution in [1.29, 1.82) is 0 Å². The van der Waals surface area contributed by atoms with Crippen molar-refractivity contribution in [1.82, 2.24) is 10.6 Å². The van der Waals surface area contributed by atoms with Crippen molar-refractivity contribution in [2.45, 2.75) is 26.3 Å². The molecule has 2 N–H and O–H groups in total. The van der Waals surface area contributed by atoms with Gasteiger partial charge in [0, 0.05) is 20.1 Å². The molecule has 0 heterocycles. The molecule has 0 aliphatic rings. The highest BCUT2D eigenvalue weighted by atomic mass is 16.5. The molecule has 2 aromatic rings. The van der Waals surface area contributed by atoms with Crippen molar-refractivity contribution in [3.05, 3.63) is 65.7 Å². The van der Waals surface area contributed by atoms with Gasteiger partial charge in [0.25, 0.3) is 0 Å². The summed E-state index contributed by atoms with van der Waals surface area (Å²) >= 11 is 0. The molecule has 0 saturated heterocycles. The number of nitrogens with zero attached hydrogens (tertiary/aromatic N) is 1. The summed E-state index contributed by atoms with van der Waals surface area (Å²) < 4.78 is 5.53. The molecule has 2 aromatic carbocycles. The Hall–Kier alpha value is -2.49. The van der Waals surface area contributed by atoms with Crippen LogP contribution in [-0.4, -0.2) is 26.2 Å². The van der Waals surface area contributed by atoms with Gasteiger partial charge in [0.1, 0.15) is 5.75 Å². The fourth-order valence-corrected chi connectivity index (χ4v) is 2.47. The summed E-state index contributed by atoms with van der Waals surface area (Å²) in [5, 5.41) is 6.73. The molecule has 0 aliphatic carbocycles. The smallest absolute Gasteiger partial charge is 0.191 e. The molecular formula is C20H27N3O. The number of nitrogens with one attached hydrogen (secondary N) is 2. The van der Waals surface area contributed by atoms with Crippen LogP contribution in [0.25, 0.3) is 0 Å². The van der Waals surface area contributed by atoms with Crippen LogP contribution in [0.5, 0.6) is 5.75 Å². The maximum Gasteiger partial charge on any atom is 0.191 e. The Morgan fingerprint density at radius 2 is 1.88 bits per heavy atom. The Kier molecular flexibility index (Phi) is 7.15. The third kappa shape index (κ3) is 5.61. The van der Waals surface area contributed by atoms with Gasteiger partial charge >= 0.3 is 0 Å². The Labute approximate surface area is 145 Å². The highest BCUT2D eigenvalue weighted by Crippen LogP contribution is 2.14. The Balaban J connectivity index is 1.83. The van der Waals surface area contributed by atoms with Crippen molar-refractivity contribution in [3.63, 3.8) is 0 Å². The summed E-state index contributed by atoms with van der Waals surface area (Å²) in [6, 6.07) is 18.6. The number of hydrogen-bond donors (Lipinski definition) is 2. The number of aliphatic imine (C=N–C) groups is 1. The lowest BCUT2D eigenvalue weighted by atomic mass is 10.0. The van der Waals surface area contributed by atoms with Crippen molar-refractivity contribution < 1.29 is 4.74 Å². The molecule has 0 aliphatic heterocycles. The second kappa shape index (κ2) is 9.60. The quantitative estimate of drug-likeness (QED) is 0.604. The zero-order chi connectivity index (χ0) is 17.2. The van der Waals surface area contributed by atoms with E-state index in [0.717, 1.165) is 18.3 Å². The van der Waals surface area contributed by atoms with E-state index in [1.807, 2.05) is 25.1 Å². The van der Waals surface area contributed by atoms with Crippen LogP contribution >= 0.6 is 0 Å². The van der Waals surface area contributed by atoms with E-state index < -0.39 is 0 Å². The highest BCUT2D eigenvalue weighted by Gasteiger charge is 2.06. The fourth-order valence-electron chi connectivity index (χ4n) is 2.47. The van der Waals surface area contributed by atoms with E-state index in [1.165, 1.54) is 11.1 Å². The second-order valence-corrected chi connectivity index (χ2v) is 5.70. The van der Waals surface area contributed by atoms with Crippen LogP contribution in [0.15, 0.2) is 59.6 Å². The third-order valence-corrected chi connectivity index (χ3v) is 3.84. The molecule has 1 unspecified atom stereocenters. The summed E-state index contributed by atoms with van der Waals surface area (Å²) in [5.74, 6) is 2.13. The SMILES string of the molecule is CCOc1cccc(CNC(=NC)NCC(C)c2ccccc2)c1. The molecule has 2 rings (SSSR count). The largest absolute Gasteiger partial charge is 0.494 e. The van der Waals surface area contributed by atoms with Crippen molar-refractivity contribution in [2.24, 2.45) is 4.99 Å². The standard InChI is InChI=1S/C20H27N3O/c1-4-24-19-12-8-9-17(13-19)15-23-20(21-3)22-14-16(2)18-10-6-5-7-11-18/h5-13,16H,4,14-15H2,1-3H3,(H2,21,22,23). The Morgan fingerprint density at radius 1 is 1.08 bits per heavy atom. The van der Waals surface area contributed by atoms with Crippen molar-refractivity contribution >= 4 is 5.96 Å². The molecule has 128 valence electrons. The van der Waals surface area contributed by atoms with Gasteiger partial charge in [-0.3, -0.25) is 4.99 Å². The molecule has 0 fully saturated rings. The topological polar surface area (TPSA) is 45.6 Å². The average Bonchev–Trinajstić information content (AvgIpc) is 2.63. The van der Waals surface area contributed by atoms with E-state index in [4.69, 9.17) is 4.74 Å². The van der Waals surface area contributed by atoms with Crippen LogP contribution in [0.4, 0.5) is 0 Å². The van der Waals surface area contributed by atoms with E-state index in [2.05, 4.69) is 58.9 Å². The van der Waals surface area contributed by atoms with Gasteiger partial charge in [-0.2, -0.15) is 0 Å². The van der Waals surface area contributed by atoms with E-state index in [1.54, 1.807) is 7.05 Å². The van der Waals surface area contributed by atoms with Gasteiger partial charge < -0.3 is 15.4 Å². The number of benzene rings is 2. The summed E-state index contributed by atoms with van der Waals surface area (Å²) in [6.07, 6.45) is 0. The zero-order valence-electron chi connectivity index (χ0n) is 14.8. The molecule has 4 heteroatoms. The first kappa shape index (κ1) is 17.9. The van der Waals surface area contributed by atoms with Crippen molar-refractivity contribution in [2.75, 3.05) is 20.2 Å². The number of hydrogen-bond acceptors (Lipinski definition) is 2. The molecular weight excluding hydrogens is 298 g/mol. The third-order valence-electron chi connectivity index (χ3n) is 3.84. The zero-order valence-corrected chi connectivity index (χ0v) is 14.8. The molecule has 0 saturated carbocycles. The molecule has 0 spiro atoms. The van der Waals surface area contributed by atoms with E-state index in [0.29, 0.717) is 19.1 Å². The van der Waals surface area contributed by atoms with Crippen LogP contribution in [0.3, 0.4) is 0 Å². The van der Waals surface area contributed by atoms with Gasteiger partial charge in [0.15, 0.2) is 5.96 Å². The first-order chi connectivity index (χ1) is 11.7. The lowest BCUT2D eigenvalue weighted by molar-refractivity contribution is 0.340. The first-order valence-corrected chi connectivity index (χ1v) is 8.44. The van der Waals surface area contributed by atoms with Crippen LogP contribution < -0.4 is 15.4 Å². The van der Waals surface area contributed by atoms with Crippen LogP contribution in [0.2, 0.25) is 0 Å². The predicted octanol–water partition coefficient (Wildman–Crippen LogP) is 3.55. The van der Waals surface area contributed by atoms with Gasteiger partial charge in [0.2, 0.25) is 0 Å². The minimum Gasteiger partial charge on any atom is -0.494 e. The molecule has 0 amide bonds. The van der Waals surface area contributed by atoms with E-state index in [-0.39, 0.29) is 0 Å². The number of guanidine groups is 1. The average molecular weight is 325 g/mol. The summed E-state index contributed by atoms with van der Waals surface area (Å²) in [4.78, 5) is 4.29. The second-order valence-electron chi connectivity index (χ2n) is 5.70. The maximum absolute atomic E-state index is 5.53. The Morgan fingerprint density at radius 3 is 2.58 bits per heavy atom. The van der Waals surface area contributed by atoms with Crippen LogP contribution in [0, 0.1) is 0 Å². The van der Waals surface area contributed by atoms with Crippen molar-refractivity contribution in [3.8, 4) is 5.75 Å². The summed E-state index contributed by atoms with van der Waals surface area (Å²) in [5.41, 5.74) is 2.49. The molecule has 0 radical (unpaired) electrons. The lowest BCUT2D eigenvalue weighted by Crippen LogP contribution is -2.38. The van der Waals surface area contributed by atoms with E-state index in [9.17, 15) is 0 Å². The minimum atomic E-state index is 0.422. The van der Waals surface area contributed by atoms with Gasteiger partial charge in [0.05, 0.1) is 6.61 Å². The summed E-state index contributed by atoms with van der Waals surface area (Å²) in [6.45, 7) is 6.42. The minimum absolute atomic E-state index is 0.422. The van der Waals surface area contributed by atoms with Crippen LogP contribution in [-0.2, 0) is 6.54 Å². The number of ether oxygens (including phenoxy) is 1. The number of rotatable bonds is 7. The predicted molar refractivity (Wildman–Crippen MR) is 101 cm³/mol. The first-order valence-electron chi connectivity index (χ1n) is 8.44. The maximum atomic E-state index is 5.53. The monoisotopic (exact) mass is 325 g/mol. The highest BCUT2D eigenvalue weighted by molar-refractivity contribution is 5.79. The molecule has 24 heavy (non-hydrogen) atoms. The van der Waals surface area contributed by atoms with E-state index >= 15 is 0 Å². The van der Waals surface area contributed by atoms with Crippen LogP contribution in [0.1, 0.15) is 30.9 Å². The van der Waals surface area contributed by atoms with Gasteiger partial charge in [-0.05, 0) is 36.1 Å².